The maximum Gasteiger partial charge on any atom is 0.363 e. The summed E-state index contributed by atoms with van der Waals surface area (Å²) in [5.41, 5.74) is 0.667. The Bertz CT molecular complexity index is 607. The summed E-state index contributed by atoms with van der Waals surface area (Å²) in [5, 5.41) is 0.0786. The molecule has 0 aliphatic rings. The van der Waals surface area contributed by atoms with Crippen LogP contribution in [0.1, 0.15) is 32.2 Å². The lowest BCUT2D eigenvalue weighted by molar-refractivity contribution is 0.122. The maximum atomic E-state index is 12.8. The molecule has 1 rings (SSSR count). The standard InChI is InChI=1S/C16H28BrO5PSi/c1-16(2,3)24(7,8)22-12-9-10-14(17)13(11-12)15(19-4)23(18,20-5)21-6/h9-11,15H,1-8H3. The number of rotatable bonds is 7. The predicted molar refractivity (Wildman–Crippen MR) is 103 cm³/mol. The van der Waals surface area contributed by atoms with Crippen LogP contribution in [0.5, 0.6) is 5.75 Å². The molecule has 1 unspecified atom stereocenters. The summed E-state index contributed by atoms with van der Waals surface area (Å²) in [4.78, 5) is 0. The van der Waals surface area contributed by atoms with Crippen molar-refractivity contribution >= 4 is 31.8 Å². The Morgan fingerprint density at radius 1 is 1.12 bits per heavy atom. The summed E-state index contributed by atoms with van der Waals surface area (Å²) in [7, 11) is -1.25. The van der Waals surface area contributed by atoms with Crippen molar-refractivity contribution in [1.29, 1.82) is 0 Å². The first kappa shape index (κ1) is 21.9. The van der Waals surface area contributed by atoms with E-state index in [1.807, 2.05) is 18.2 Å². The third kappa shape index (κ3) is 4.71. The monoisotopic (exact) mass is 438 g/mol. The van der Waals surface area contributed by atoms with Gasteiger partial charge < -0.3 is 18.2 Å². The van der Waals surface area contributed by atoms with E-state index >= 15 is 0 Å². The van der Waals surface area contributed by atoms with Crippen LogP contribution < -0.4 is 4.43 Å². The third-order valence-corrected chi connectivity index (χ3v) is 11.6. The molecule has 138 valence electrons. The zero-order chi connectivity index (χ0) is 18.8. The highest BCUT2D eigenvalue weighted by Gasteiger charge is 2.40. The maximum absolute atomic E-state index is 12.8. The van der Waals surface area contributed by atoms with Gasteiger partial charge in [-0.1, -0.05) is 36.7 Å². The molecule has 8 heteroatoms. The van der Waals surface area contributed by atoms with E-state index < -0.39 is 21.8 Å². The SMILES string of the molecule is COC(c1cc(O[Si](C)(C)C(C)(C)C)ccc1Br)P(=O)(OC)OC. The molecule has 0 aromatic heterocycles. The second-order valence-electron chi connectivity index (χ2n) is 7.04. The van der Waals surface area contributed by atoms with Crippen molar-refractivity contribution in [3.05, 3.63) is 28.2 Å². The van der Waals surface area contributed by atoms with Crippen LogP contribution in [0.3, 0.4) is 0 Å². The lowest BCUT2D eigenvalue weighted by atomic mass is 10.2. The van der Waals surface area contributed by atoms with Crippen molar-refractivity contribution in [2.75, 3.05) is 21.3 Å². The van der Waals surface area contributed by atoms with Crippen LogP contribution >= 0.6 is 23.5 Å². The first-order valence-electron chi connectivity index (χ1n) is 7.64. The highest BCUT2D eigenvalue weighted by molar-refractivity contribution is 9.10. The van der Waals surface area contributed by atoms with Gasteiger partial charge in [-0.15, -0.1) is 0 Å². The summed E-state index contributed by atoms with van der Waals surface area (Å²) >= 11 is 3.49. The highest BCUT2D eigenvalue weighted by atomic mass is 79.9. The zero-order valence-corrected chi connectivity index (χ0v) is 19.2. The molecule has 0 N–H and O–H groups in total. The lowest BCUT2D eigenvalue weighted by Gasteiger charge is -2.36. The molecule has 0 amide bonds. The fraction of sp³-hybridized carbons (Fsp3) is 0.625. The van der Waals surface area contributed by atoms with Gasteiger partial charge in [-0.25, -0.2) is 0 Å². The van der Waals surface area contributed by atoms with E-state index in [9.17, 15) is 4.57 Å². The van der Waals surface area contributed by atoms with E-state index in [2.05, 4.69) is 49.8 Å². The number of hydrogen-bond donors (Lipinski definition) is 0. The van der Waals surface area contributed by atoms with Crippen LogP contribution in [0, 0.1) is 0 Å². The number of benzene rings is 1. The van der Waals surface area contributed by atoms with Crippen molar-refractivity contribution in [2.24, 2.45) is 0 Å². The largest absolute Gasteiger partial charge is 0.543 e. The number of methoxy groups -OCH3 is 1. The van der Waals surface area contributed by atoms with Crippen molar-refractivity contribution in [3.8, 4) is 5.75 Å². The van der Waals surface area contributed by atoms with Crippen molar-refractivity contribution in [1.82, 2.24) is 0 Å². The van der Waals surface area contributed by atoms with E-state index in [-0.39, 0.29) is 5.04 Å². The van der Waals surface area contributed by atoms with Gasteiger partial charge in [0.1, 0.15) is 5.75 Å². The van der Waals surface area contributed by atoms with Crippen molar-refractivity contribution < 1.29 is 22.8 Å². The molecule has 0 saturated carbocycles. The molecule has 5 nitrogen and oxygen atoms in total. The average Bonchev–Trinajstić information content (AvgIpc) is 2.49. The molecule has 0 radical (unpaired) electrons. The summed E-state index contributed by atoms with van der Waals surface area (Å²) in [6.07, 6.45) is 0. The van der Waals surface area contributed by atoms with Crippen LogP contribution in [-0.2, 0) is 18.3 Å². The first-order chi connectivity index (χ1) is 10.9. The van der Waals surface area contributed by atoms with E-state index in [4.69, 9.17) is 18.2 Å². The quantitative estimate of drug-likeness (QED) is 0.387. The molecule has 0 fully saturated rings. The molecular weight excluding hydrogens is 411 g/mol. The van der Waals surface area contributed by atoms with Gasteiger partial charge >= 0.3 is 7.60 Å². The van der Waals surface area contributed by atoms with Gasteiger partial charge in [-0.05, 0) is 36.3 Å². The second-order valence-corrected chi connectivity index (χ2v) is 14.9. The third-order valence-electron chi connectivity index (χ3n) is 4.43. The Morgan fingerprint density at radius 3 is 2.08 bits per heavy atom. The van der Waals surface area contributed by atoms with Crippen molar-refractivity contribution in [3.63, 3.8) is 0 Å². The molecule has 24 heavy (non-hydrogen) atoms. The molecule has 0 spiro atoms. The number of hydrogen-bond acceptors (Lipinski definition) is 5. The molecule has 0 heterocycles. The van der Waals surface area contributed by atoms with Gasteiger partial charge in [0, 0.05) is 31.4 Å². The number of ether oxygens (including phenoxy) is 1. The Morgan fingerprint density at radius 2 is 1.67 bits per heavy atom. The molecule has 0 aliphatic heterocycles. The minimum atomic E-state index is -3.44. The minimum Gasteiger partial charge on any atom is -0.543 e. The van der Waals surface area contributed by atoms with Crippen LogP contribution in [0.15, 0.2) is 22.7 Å². The van der Waals surface area contributed by atoms with Crippen LogP contribution in [0.25, 0.3) is 0 Å². The van der Waals surface area contributed by atoms with Crippen molar-refractivity contribution in [2.45, 2.75) is 44.7 Å². The summed E-state index contributed by atoms with van der Waals surface area (Å²) in [5.74, 6) is -0.120. The molecule has 1 aromatic carbocycles. The van der Waals surface area contributed by atoms with Gasteiger partial charge in [0.2, 0.25) is 8.32 Å². The molecule has 0 saturated heterocycles. The molecule has 1 atom stereocenters. The van der Waals surface area contributed by atoms with Crippen LogP contribution in [0.2, 0.25) is 18.1 Å². The van der Waals surface area contributed by atoms with Crippen LogP contribution in [0.4, 0.5) is 0 Å². The second kappa shape index (κ2) is 8.02. The Labute approximate surface area is 154 Å². The van der Waals surface area contributed by atoms with E-state index in [0.717, 1.165) is 10.2 Å². The van der Waals surface area contributed by atoms with E-state index in [1.165, 1.54) is 21.3 Å². The van der Waals surface area contributed by atoms with Gasteiger partial charge in [-0.3, -0.25) is 4.57 Å². The van der Waals surface area contributed by atoms with Gasteiger partial charge in [0.05, 0.1) is 0 Å². The predicted octanol–water partition coefficient (Wildman–Crippen LogP) is 5.96. The van der Waals surface area contributed by atoms with Gasteiger partial charge in [0.25, 0.3) is 0 Å². The zero-order valence-electron chi connectivity index (χ0n) is 15.7. The summed E-state index contributed by atoms with van der Waals surface area (Å²) in [6.45, 7) is 10.9. The number of halogens is 1. The van der Waals surface area contributed by atoms with Crippen LogP contribution in [-0.4, -0.2) is 29.6 Å². The average molecular weight is 439 g/mol. The normalized spacial score (nSPS) is 14.5. The van der Waals surface area contributed by atoms with Gasteiger partial charge in [-0.2, -0.15) is 0 Å². The topological polar surface area (TPSA) is 54.0 Å². The smallest absolute Gasteiger partial charge is 0.363 e. The minimum absolute atomic E-state index is 0.0786. The molecule has 1 aromatic rings. The fourth-order valence-electron chi connectivity index (χ4n) is 1.91. The summed E-state index contributed by atoms with van der Waals surface area (Å²) < 4.78 is 35.5. The van der Waals surface area contributed by atoms with Gasteiger partial charge in [0.15, 0.2) is 5.85 Å². The molecular formula is C16H28BrO5PSi. The fourth-order valence-corrected chi connectivity index (χ4v) is 4.91. The lowest BCUT2D eigenvalue weighted by Crippen LogP contribution is -2.43. The molecule has 0 bridgehead atoms. The Balaban J connectivity index is 3.30. The highest BCUT2D eigenvalue weighted by Crippen LogP contribution is 2.61. The molecule has 0 aliphatic carbocycles. The Hall–Kier alpha value is -0.173. The van der Waals surface area contributed by atoms with E-state index in [0.29, 0.717) is 5.56 Å². The first-order valence-corrected chi connectivity index (χ1v) is 13.0. The van der Waals surface area contributed by atoms with E-state index in [1.54, 1.807) is 0 Å². The summed E-state index contributed by atoms with van der Waals surface area (Å²) in [6, 6.07) is 5.59. The Kier molecular flexibility index (Phi) is 7.31.